The molecule has 41 heavy (non-hydrogen) atoms. The fourth-order valence-electron chi connectivity index (χ4n) is 6.40. The van der Waals surface area contributed by atoms with Crippen molar-refractivity contribution in [2.75, 3.05) is 33.8 Å². The van der Waals surface area contributed by atoms with Crippen LogP contribution in [0.1, 0.15) is 73.7 Å². The largest absolute Gasteiger partial charge is 0.493 e. The number of hydrogen-bond acceptors (Lipinski definition) is 4. The zero-order valence-electron chi connectivity index (χ0n) is 24.4. The Kier molecular flexibility index (Phi) is 8.66. The summed E-state index contributed by atoms with van der Waals surface area (Å²) in [6, 6.07) is 13.4. The number of ether oxygens (including phenoxy) is 1. The van der Waals surface area contributed by atoms with E-state index in [1.165, 1.54) is 24.8 Å². The van der Waals surface area contributed by atoms with Crippen LogP contribution in [0.15, 0.2) is 42.5 Å². The number of hydrogen-bond donors (Lipinski definition) is 1. The monoisotopic (exact) mass is 559 g/mol. The van der Waals surface area contributed by atoms with Gasteiger partial charge in [-0.3, -0.25) is 9.59 Å². The predicted molar refractivity (Wildman–Crippen MR) is 159 cm³/mol. The molecule has 2 amide bonds. The van der Waals surface area contributed by atoms with Crippen LogP contribution in [0.2, 0.25) is 0 Å². The third kappa shape index (κ3) is 6.26. The molecule has 8 heteroatoms. The third-order valence-electron chi connectivity index (χ3n) is 8.83. The molecule has 2 heterocycles. The average molecular weight is 560 g/mol. The van der Waals surface area contributed by atoms with Crippen LogP contribution in [0.5, 0.6) is 5.75 Å². The van der Waals surface area contributed by atoms with E-state index >= 15 is 0 Å². The summed E-state index contributed by atoms with van der Waals surface area (Å²) in [5.41, 5.74) is 4.20. The molecule has 2 aromatic carbocycles. The van der Waals surface area contributed by atoms with Crippen LogP contribution in [0.4, 0.5) is 0 Å². The van der Waals surface area contributed by atoms with Gasteiger partial charge in [-0.25, -0.2) is 4.79 Å². The molecule has 0 atom stereocenters. The van der Waals surface area contributed by atoms with Crippen LogP contribution in [-0.4, -0.2) is 71.0 Å². The standard InChI is InChI=1S/C33H41N3O5/c1-22(37)35-17-15-23(16-18-35)21-41-27-12-9-25(10-13-27)32-31(24-7-5-4-6-8-24)28-14-11-26(33(39)40)19-29(28)36(32)20-30(38)34(2)3/h9-14,19,23-24H,4-8,15-18,20-21H2,1-3H3,(H,39,40). The first-order valence-corrected chi connectivity index (χ1v) is 14.8. The Morgan fingerprint density at radius 1 is 0.951 bits per heavy atom. The molecule has 0 spiro atoms. The number of rotatable bonds is 8. The molecular weight excluding hydrogens is 518 g/mol. The highest BCUT2D eigenvalue weighted by Crippen LogP contribution is 2.44. The summed E-state index contributed by atoms with van der Waals surface area (Å²) in [5.74, 6) is 0.678. The van der Waals surface area contributed by atoms with Crippen molar-refractivity contribution in [2.24, 2.45) is 5.92 Å². The second-order valence-corrected chi connectivity index (χ2v) is 11.8. The highest BCUT2D eigenvalue weighted by Gasteiger charge is 2.28. The van der Waals surface area contributed by atoms with E-state index in [0.29, 0.717) is 18.4 Å². The molecule has 1 N–H and O–H groups in total. The SMILES string of the molecule is CC(=O)N1CCC(COc2ccc(-c3c(C4CCCCC4)c4ccc(C(=O)O)cc4n3CC(=O)N(C)C)cc2)CC1. The fourth-order valence-corrected chi connectivity index (χ4v) is 6.40. The van der Waals surface area contributed by atoms with Gasteiger partial charge in [-0.1, -0.05) is 25.3 Å². The molecule has 1 aliphatic heterocycles. The number of likely N-dealkylation sites (tertiary alicyclic amines) is 1. The number of nitrogens with zero attached hydrogens (tertiary/aromatic N) is 3. The molecule has 1 aromatic heterocycles. The minimum Gasteiger partial charge on any atom is -0.493 e. The van der Waals surface area contributed by atoms with E-state index in [1.807, 2.05) is 27.7 Å². The highest BCUT2D eigenvalue weighted by molar-refractivity contribution is 5.99. The summed E-state index contributed by atoms with van der Waals surface area (Å²) >= 11 is 0. The number of benzene rings is 2. The van der Waals surface area contributed by atoms with Crippen molar-refractivity contribution in [1.82, 2.24) is 14.4 Å². The Morgan fingerprint density at radius 2 is 1.63 bits per heavy atom. The minimum absolute atomic E-state index is 0.0464. The Hall–Kier alpha value is -3.81. The number of aromatic carboxylic acids is 1. The topological polar surface area (TPSA) is 92.1 Å². The van der Waals surface area contributed by atoms with Crippen LogP contribution >= 0.6 is 0 Å². The van der Waals surface area contributed by atoms with Gasteiger partial charge in [0.15, 0.2) is 0 Å². The Labute approximate surface area is 241 Å². The minimum atomic E-state index is -0.979. The fraction of sp³-hybridized carbons (Fsp3) is 0.485. The average Bonchev–Trinajstić information content (AvgIpc) is 3.30. The zero-order valence-corrected chi connectivity index (χ0v) is 24.4. The quantitative estimate of drug-likeness (QED) is 0.378. The maximum absolute atomic E-state index is 13.0. The number of carbonyl (C=O) groups is 3. The number of amides is 2. The first kappa shape index (κ1) is 28.7. The van der Waals surface area contributed by atoms with Crippen LogP contribution in [0.25, 0.3) is 22.2 Å². The molecule has 1 saturated heterocycles. The zero-order chi connectivity index (χ0) is 29.1. The van der Waals surface area contributed by atoms with E-state index in [4.69, 9.17) is 4.74 Å². The van der Waals surface area contributed by atoms with E-state index in [0.717, 1.165) is 66.7 Å². The maximum atomic E-state index is 13.0. The number of carboxylic acid groups (broad SMARTS) is 1. The summed E-state index contributed by atoms with van der Waals surface area (Å²) in [7, 11) is 3.49. The normalized spacial score (nSPS) is 16.6. The molecule has 1 aliphatic carbocycles. The van der Waals surface area contributed by atoms with Gasteiger partial charge in [0.25, 0.3) is 0 Å². The number of fused-ring (bicyclic) bond motifs is 1. The molecule has 5 rings (SSSR count). The number of piperidine rings is 1. The highest BCUT2D eigenvalue weighted by atomic mass is 16.5. The number of carbonyl (C=O) groups excluding carboxylic acids is 2. The molecule has 218 valence electrons. The number of carboxylic acids is 1. The first-order chi connectivity index (χ1) is 19.7. The van der Waals surface area contributed by atoms with E-state index in [9.17, 15) is 19.5 Å². The second kappa shape index (κ2) is 12.4. The predicted octanol–water partition coefficient (Wildman–Crippen LogP) is 5.78. The van der Waals surface area contributed by atoms with Crippen molar-refractivity contribution in [3.8, 4) is 17.0 Å². The molecule has 3 aromatic rings. The van der Waals surface area contributed by atoms with Crippen molar-refractivity contribution >= 4 is 28.7 Å². The van der Waals surface area contributed by atoms with Gasteiger partial charge < -0.3 is 24.2 Å². The lowest BCUT2D eigenvalue weighted by Crippen LogP contribution is -2.38. The third-order valence-corrected chi connectivity index (χ3v) is 8.83. The van der Waals surface area contributed by atoms with E-state index < -0.39 is 5.97 Å². The first-order valence-electron chi connectivity index (χ1n) is 14.8. The molecule has 2 fully saturated rings. The Balaban J connectivity index is 1.50. The van der Waals surface area contributed by atoms with Crippen LogP contribution in [0.3, 0.4) is 0 Å². The summed E-state index contributed by atoms with van der Waals surface area (Å²) in [6.45, 7) is 3.94. The van der Waals surface area contributed by atoms with Crippen LogP contribution < -0.4 is 4.74 Å². The van der Waals surface area contributed by atoms with Gasteiger partial charge in [0.05, 0.1) is 23.4 Å². The molecule has 0 radical (unpaired) electrons. The van der Waals surface area contributed by atoms with Crippen LogP contribution in [0, 0.1) is 5.92 Å². The van der Waals surface area contributed by atoms with Gasteiger partial charge in [-0.05, 0) is 85.0 Å². The van der Waals surface area contributed by atoms with Gasteiger partial charge in [0, 0.05) is 39.5 Å². The van der Waals surface area contributed by atoms with Crippen LogP contribution in [-0.2, 0) is 16.1 Å². The molecule has 1 saturated carbocycles. The van der Waals surface area contributed by atoms with Gasteiger partial charge in [-0.2, -0.15) is 0 Å². The Morgan fingerprint density at radius 3 is 2.24 bits per heavy atom. The maximum Gasteiger partial charge on any atom is 0.335 e. The van der Waals surface area contributed by atoms with Gasteiger partial charge in [0.2, 0.25) is 11.8 Å². The molecular formula is C33H41N3O5. The molecule has 8 nitrogen and oxygen atoms in total. The summed E-state index contributed by atoms with van der Waals surface area (Å²) in [6.07, 6.45) is 7.61. The smallest absolute Gasteiger partial charge is 0.335 e. The second-order valence-electron chi connectivity index (χ2n) is 11.8. The number of aromatic nitrogens is 1. The van der Waals surface area contributed by atoms with E-state index in [1.54, 1.807) is 38.1 Å². The Bertz CT molecular complexity index is 1410. The summed E-state index contributed by atoms with van der Waals surface area (Å²) in [5, 5.41) is 10.8. The summed E-state index contributed by atoms with van der Waals surface area (Å²) < 4.78 is 8.19. The van der Waals surface area contributed by atoms with E-state index in [-0.39, 0.29) is 23.9 Å². The van der Waals surface area contributed by atoms with Crippen molar-refractivity contribution in [3.05, 3.63) is 53.6 Å². The summed E-state index contributed by atoms with van der Waals surface area (Å²) in [4.78, 5) is 40.0. The van der Waals surface area contributed by atoms with Gasteiger partial charge in [-0.15, -0.1) is 0 Å². The van der Waals surface area contributed by atoms with Gasteiger partial charge >= 0.3 is 5.97 Å². The van der Waals surface area contributed by atoms with Crippen molar-refractivity contribution in [3.63, 3.8) is 0 Å². The number of likely N-dealkylation sites (N-methyl/N-ethyl adjacent to an activating group) is 1. The lowest BCUT2D eigenvalue weighted by Gasteiger charge is -2.31. The van der Waals surface area contributed by atoms with Crippen molar-refractivity contribution in [1.29, 1.82) is 0 Å². The van der Waals surface area contributed by atoms with Crippen molar-refractivity contribution < 1.29 is 24.2 Å². The molecule has 0 unspecified atom stereocenters. The molecule has 0 bridgehead atoms. The van der Waals surface area contributed by atoms with E-state index in [2.05, 4.69) is 12.1 Å². The van der Waals surface area contributed by atoms with Crippen molar-refractivity contribution in [2.45, 2.75) is 64.3 Å². The lowest BCUT2D eigenvalue weighted by molar-refractivity contribution is -0.130. The molecule has 2 aliphatic rings. The lowest BCUT2D eigenvalue weighted by atomic mass is 9.81. The van der Waals surface area contributed by atoms with Gasteiger partial charge in [0.1, 0.15) is 12.3 Å².